The fourth-order valence-corrected chi connectivity index (χ4v) is 4.82. The van der Waals surface area contributed by atoms with Crippen molar-refractivity contribution in [2.24, 2.45) is 5.41 Å². The molecule has 0 N–H and O–H groups in total. The molecule has 3 heterocycles. The number of nitriles is 1. The third-order valence-corrected chi connectivity index (χ3v) is 6.03. The van der Waals surface area contributed by atoms with Crippen molar-refractivity contribution in [2.45, 2.75) is 52.1 Å². The molecule has 3 nitrogen and oxygen atoms in total. The van der Waals surface area contributed by atoms with Crippen molar-refractivity contribution in [3.8, 4) is 6.07 Å². The van der Waals surface area contributed by atoms with Crippen molar-refractivity contribution in [2.75, 3.05) is 26.2 Å². The van der Waals surface area contributed by atoms with Crippen molar-refractivity contribution in [3.05, 3.63) is 21.9 Å². The molecule has 1 aromatic rings. The molecule has 0 bridgehead atoms. The Morgan fingerprint density at radius 3 is 2.36 bits per heavy atom. The number of hydrogen-bond acceptors (Lipinski definition) is 4. The van der Waals surface area contributed by atoms with Gasteiger partial charge in [0.2, 0.25) is 0 Å². The van der Waals surface area contributed by atoms with E-state index in [0.29, 0.717) is 0 Å². The summed E-state index contributed by atoms with van der Waals surface area (Å²) in [6.45, 7) is 8.83. The Labute approximate surface area is 138 Å². The third-order valence-electron chi connectivity index (χ3n) is 4.97. The first kappa shape index (κ1) is 16.0. The van der Waals surface area contributed by atoms with Crippen molar-refractivity contribution >= 4 is 11.3 Å². The van der Waals surface area contributed by atoms with Gasteiger partial charge in [0, 0.05) is 29.4 Å². The molecule has 0 amide bonds. The molecule has 0 aliphatic carbocycles. The largest absolute Gasteiger partial charge is 0.298 e. The molecule has 0 saturated carbocycles. The molecular weight excluding hydrogens is 290 g/mol. The highest BCUT2D eigenvalue weighted by Crippen LogP contribution is 2.30. The Hall–Kier alpha value is -0.890. The maximum atomic E-state index is 9.34. The highest BCUT2D eigenvalue weighted by Gasteiger charge is 2.30. The lowest BCUT2D eigenvalue weighted by Gasteiger charge is -2.35. The Bertz CT molecular complexity index is 527. The number of hydrogen-bond donors (Lipinski definition) is 0. The summed E-state index contributed by atoms with van der Waals surface area (Å²) >= 11 is 1.96. The molecule has 2 saturated heterocycles. The van der Waals surface area contributed by atoms with Crippen LogP contribution in [0, 0.1) is 16.7 Å². The van der Waals surface area contributed by atoms with Gasteiger partial charge in [-0.2, -0.15) is 5.26 Å². The number of nitrogens with zero attached hydrogens (tertiary/aromatic N) is 3. The van der Waals surface area contributed by atoms with Gasteiger partial charge in [-0.15, -0.1) is 11.3 Å². The number of piperidine rings is 2. The Morgan fingerprint density at radius 2 is 1.68 bits per heavy atom. The van der Waals surface area contributed by atoms with Crippen LogP contribution in [-0.2, 0) is 13.1 Å². The van der Waals surface area contributed by atoms with Gasteiger partial charge in [0.25, 0.3) is 0 Å². The van der Waals surface area contributed by atoms with Crippen LogP contribution in [0.15, 0.2) is 12.1 Å². The lowest BCUT2D eigenvalue weighted by molar-refractivity contribution is 0.138. The van der Waals surface area contributed by atoms with Gasteiger partial charge in [0.05, 0.1) is 11.5 Å². The van der Waals surface area contributed by atoms with Crippen molar-refractivity contribution in [3.63, 3.8) is 0 Å². The molecule has 0 spiro atoms. The van der Waals surface area contributed by atoms with Crippen LogP contribution in [0.4, 0.5) is 0 Å². The smallest absolute Gasteiger partial charge is 0.0700 e. The first-order chi connectivity index (χ1) is 10.7. The SMILES string of the molecule is C[C@@]1(C#N)CCCN(Cc2ccc(CN3CCCCC3)s2)C1. The zero-order valence-electron chi connectivity index (χ0n) is 13.7. The van der Waals surface area contributed by atoms with E-state index in [1.807, 2.05) is 11.3 Å². The van der Waals surface area contributed by atoms with Crippen molar-refractivity contribution < 1.29 is 0 Å². The maximum Gasteiger partial charge on any atom is 0.0700 e. The summed E-state index contributed by atoms with van der Waals surface area (Å²) in [5.41, 5.74) is -0.147. The normalized spacial score (nSPS) is 27.6. The molecule has 2 aliphatic heterocycles. The summed E-state index contributed by atoms with van der Waals surface area (Å²) in [7, 11) is 0. The molecule has 120 valence electrons. The van der Waals surface area contributed by atoms with Crippen LogP contribution in [0.2, 0.25) is 0 Å². The lowest BCUT2D eigenvalue weighted by Crippen LogP contribution is -2.40. The van der Waals surface area contributed by atoms with Crippen LogP contribution in [0.1, 0.15) is 48.8 Å². The van der Waals surface area contributed by atoms with E-state index in [9.17, 15) is 5.26 Å². The average Bonchev–Trinajstić information content (AvgIpc) is 2.95. The Kier molecular flexibility index (Phi) is 5.18. The molecule has 1 aromatic heterocycles. The van der Waals surface area contributed by atoms with E-state index in [1.54, 1.807) is 0 Å². The van der Waals surface area contributed by atoms with E-state index in [2.05, 4.69) is 34.9 Å². The monoisotopic (exact) mass is 317 g/mol. The van der Waals surface area contributed by atoms with Gasteiger partial charge in [0.1, 0.15) is 0 Å². The minimum absolute atomic E-state index is 0.147. The fourth-order valence-electron chi connectivity index (χ4n) is 3.72. The molecule has 4 heteroatoms. The molecule has 1 atom stereocenters. The van der Waals surface area contributed by atoms with E-state index >= 15 is 0 Å². The van der Waals surface area contributed by atoms with Gasteiger partial charge < -0.3 is 0 Å². The van der Waals surface area contributed by atoms with E-state index in [4.69, 9.17) is 0 Å². The zero-order valence-corrected chi connectivity index (χ0v) is 14.5. The summed E-state index contributed by atoms with van der Waals surface area (Å²) in [5.74, 6) is 0. The van der Waals surface area contributed by atoms with E-state index in [0.717, 1.165) is 39.0 Å². The fraction of sp³-hybridized carbons (Fsp3) is 0.722. The summed E-state index contributed by atoms with van der Waals surface area (Å²) in [5, 5.41) is 9.34. The Balaban J connectivity index is 1.54. The summed E-state index contributed by atoms with van der Waals surface area (Å²) in [6.07, 6.45) is 6.32. The average molecular weight is 318 g/mol. The number of likely N-dealkylation sites (tertiary alicyclic amines) is 2. The number of thiophene rings is 1. The standard InChI is InChI=1S/C18H27N3S/c1-18(14-19)8-5-11-21(15-18)13-17-7-6-16(22-17)12-20-9-3-2-4-10-20/h6-7H,2-5,8-13,15H2,1H3/t18-/m0/s1. The number of rotatable bonds is 4. The molecule has 0 radical (unpaired) electrons. The first-order valence-electron chi connectivity index (χ1n) is 8.60. The first-order valence-corrected chi connectivity index (χ1v) is 9.42. The highest BCUT2D eigenvalue weighted by atomic mass is 32.1. The van der Waals surface area contributed by atoms with Gasteiger partial charge in [-0.05, 0) is 64.4 Å². The van der Waals surface area contributed by atoms with E-state index < -0.39 is 0 Å². The summed E-state index contributed by atoms with van der Waals surface area (Å²) < 4.78 is 0. The second kappa shape index (κ2) is 7.12. The molecule has 2 fully saturated rings. The van der Waals surface area contributed by atoms with E-state index in [1.165, 1.54) is 42.1 Å². The van der Waals surface area contributed by atoms with E-state index in [-0.39, 0.29) is 5.41 Å². The van der Waals surface area contributed by atoms with Crippen LogP contribution in [0.25, 0.3) is 0 Å². The summed E-state index contributed by atoms with van der Waals surface area (Å²) in [6, 6.07) is 7.11. The van der Waals surface area contributed by atoms with Crippen molar-refractivity contribution in [1.82, 2.24) is 9.80 Å². The predicted octanol–water partition coefficient (Wildman–Crippen LogP) is 3.86. The Morgan fingerprint density at radius 1 is 1.05 bits per heavy atom. The van der Waals surface area contributed by atoms with Gasteiger partial charge in [-0.3, -0.25) is 9.80 Å². The van der Waals surface area contributed by atoms with Gasteiger partial charge in [-0.1, -0.05) is 6.42 Å². The minimum Gasteiger partial charge on any atom is -0.298 e. The topological polar surface area (TPSA) is 30.3 Å². The third kappa shape index (κ3) is 4.10. The van der Waals surface area contributed by atoms with Gasteiger partial charge >= 0.3 is 0 Å². The minimum atomic E-state index is -0.147. The van der Waals surface area contributed by atoms with Crippen LogP contribution in [-0.4, -0.2) is 36.0 Å². The van der Waals surface area contributed by atoms with Gasteiger partial charge in [-0.25, -0.2) is 0 Å². The lowest BCUT2D eigenvalue weighted by atomic mass is 9.83. The maximum absolute atomic E-state index is 9.34. The van der Waals surface area contributed by atoms with Crippen molar-refractivity contribution in [1.29, 1.82) is 5.26 Å². The molecule has 0 aromatic carbocycles. The van der Waals surface area contributed by atoms with Crippen LogP contribution in [0.5, 0.6) is 0 Å². The van der Waals surface area contributed by atoms with Crippen LogP contribution in [0.3, 0.4) is 0 Å². The second-order valence-electron chi connectivity index (χ2n) is 7.19. The summed E-state index contributed by atoms with van der Waals surface area (Å²) in [4.78, 5) is 8.00. The second-order valence-corrected chi connectivity index (χ2v) is 8.44. The predicted molar refractivity (Wildman–Crippen MR) is 91.7 cm³/mol. The van der Waals surface area contributed by atoms with Crippen LogP contribution >= 0.6 is 11.3 Å². The quantitative estimate of drug-likeness (QED) is 0.845. The molecule has 0 unspecified atom stereocenters. The molecule has 2 aliphatic rings. The highest BCUT2D eigenvalue weighted by molar-refractivity contribution is 7.11. The van der Waals surface area contributed by atoms with Crippen LogP contribution < -0.4 is 0 Å². The molecular formula is C18H27N3S. The molecule has 22 heavy (non-hydrogen) atoms. The molecule has 3 rings (SSSR count). The zero-order chi connectivity index (χ0) is 15.4. The van der Waals surface area contributed by atoms with Gasteiger partial charge in [0.15, 0.2) is 0 Å².